The molecule has 0 aliphatic carbocycles. The molecule has 1 heterocycles. The lowest BCUT2D eigenvalue weighted by atomic mass is 10.6. The van der Waals surface area contributed by atoms with Crippen LogP contribution in [0.1, 0.15) is 5.82 Å². The zero-order valence-corrected chi connectivity index (χ0v) is 12.1. The molecule has 6 nitrogen and oxygen atoms in total. The Labute approximate surface area is 108 Å². The molecule has 0 spiro atoms. The average Bonchev–Trinajstić information content (AvgIpc) is 2.56. The van der Waals surface area contributed by atoms with Crippen LogP contribution >= 0.6 is 12.4 Å². The van der Waals surface area contributed by atoms with Crippen molar-refractivity contribution in [2.75, 3.05) is 27.2 Å². The summed E-state index contributed by atoms with van der Waals surface area (Å²) in [6, 6.07) is 0. The lowest BCUT2D eigenvalue weighted by Crippen LogP contribution is -2.33. The summed E-state index contributed by atoms with van der Waals surface area (Å²) in [6.07, 6.45) is 1.53. The summed E-state index contributed by atoms with van der Waals surface area (Å²) in [4.78, 5) is 4.02. The minimum atomic E-state index is -3.45. The van der Waals surface area contributed by atoms with Gasteiger partial charge >= 0.3 is 0 Å². The predicted octanol–water partition coefficient (Wildman–Crippen LogP) is -0.00978. The SMILES string of the molecule is CNCCN(C)S(=O)(=O)c1cn(C)c(C)n1.Cl. The van der Waals surface area contributed by atoms with E-state index < -0.39 is 10.0 Å². The molecule has 0 bridgehead atoms. The zero-order valence-electron chi connectivity index (χ0n) is 10.5. The van der Waals surface area contributed by atoms with Crippen molar-refractivity contribution < 1.29 is 8.42 Å². The van der Waals surface area contributed by atoms with Crippen molar-refractivity contribution in [3.05, 3.63) is 12.0 Å². The largest absolute Gasteiger partial charge is 0.337 e. The van der Waals surface area contributed by atoms with Gasteiger partial charge in [0.2, 0.25) is 0 Å². The van der Waals surface area contributed by atoms with Gasteiger partial charge in [0.1, 0.15) is 5.82 Å². The monoisotopic (exact) mass is 282 g/mol. The first-order valence-electron chi connectivity index (χ1n) is 5.00. The van der Waals surface area contributed by atoms with Gasteiger partial charge in [-0.2, -0.15) is 4.31 Å². The van der Waals surface area contributed by atoms with Gasteiger partial charge in [-0.25, -0.2) is 13.4 Å². The molecule has 1 aromatic heterocycles. The van der Waals surface area contributed by atoms with Crippen molar-refractivity contribution in [2.45, 2.75) is 11.9 Å². The van der Waals surface area contributed by atoms with Crippen molar-refractivity contribution in [3.8, 4) is 0 Å². The number of hydrogen-bond acceptors (Lipinski definition) is 4. The molecule has 0 aliphatic heterocycles. The maximum absolute atomic E-state index is 12.0. The van der Waals surface area contributed by atoms with Crippen molar-refractivity contribution in [2.24, 2.45) is 7.05 Å². The quantitative estimate of drug-likeness (QED) is 0.825. The van der Waals surface area contributed by atoms with Crippen LogP contribution in [0.4, 0.5) is 0 Å². The van der Waals surface area contributed by atoms with Crippen LogP contribution in [-0.2, 0) is 17.1 Å². The van der Waals surface area contributed by atoms with E-state index >= 15 is 0 Å². The molecule has 0 saturated heterocycles. The van der Waals surface area contributed by atoms with Crippen LogP contribution in [0.15, 0.2) is 11.2 Å². The summed E-state index contributed by atoms with van der Waals surface area (Å²) < 4.78 is 27.0. The van der Waals surface area contributed by atoms with Gasteiger partial charge < -0.3 is 9.88 Å². The Hall–Kier alpha value is -0.630. The Morgan fingerprint density at radius 1 is 1.53 bits per heavy atom. The molecule has 0 fully saturated rings. The second kappa shape index (κ2) is 6.34. The predicted molar refractivity (Wildman–Crippen MR) is 68.9 cm³/mol. The smallest absolute Gasteiger partial charge is 0.261 e. The molecule has 1 N–H and O–H groups in total. The van der Waals surface area contributed by atoms with Crippen LogP contribution < -0.4 is 5.32 Å². The summed E-state index contributed by atoms with van der Waals surface area (Å²) in [5, 5.41) is 3.01. The average molecular weight is 283 g/mol. The maximum atomic E-state index is 12.0. The molecule has 0 amide bonds. The third-order valence-corrected chi connectivity index (χ3v) is 4.17. The molecular weight excluding hydrogens is 264 g/mol. The molecule has 0 atom stereocenters. The fourth-order valence-electron chi connectivity index (χ4n) is 1.20. The molecule has 1 aromatic rings. The molecule has 1 rings (SSSR count). The minimum Gasteiger partial charge on any atom is -0.337 e. The van der Waals surface area contributed by atoms with Gasteiger partial charge in [-0.1, -0.05) is 0 Å². The van der Waals surface area contributed by atoms with Crippen LogP contribution in [-0.4, -0.2) is 49.5 Å². The van der Waals surface area contributed by atoms with Gasteiger partial charge in [0.25, 0.3) is 10.0 Å². The highest BCUT2D eigenvalue weighted by Gasteiger charge is 2.23. The summed E-state index contributed by atoms with van der Waals surface area (Å²) in [5.74, 6) is 0.681. The first-order chi connectivity index (χ1) is 7.39. The minimum absolute atomic E-state index is 0. The number of imidazole rings is 1. The van der Waals surface area contributed by atoms with Crippen LogP contribution in [0.2, 0.25) is 0 Å². The molecule has 0 unspecified atom stereocenters. The highest BCUT2D eigenvalue weighted by molar-refractivity contribution is 7.89. The Morgan fingerprint density at radius 3 is 2.53 bits per heavy atom. The van der Waals surface area contributed by atoms with E-state index in [4.69, 9.17) is 0 Å². The van der Waals surface area contributed by atoms with E-state index in [2.05, 4.69) is 10.3 Å². The van der Waals surface area contributed by atoms with Crippen LogP contribution in [0.5, 0.6) is 0 Å². The van der Waals surface area contributed by atoms with Gasteiger partial charge in [0.05, 0.1) is 0 Å². The first-order valence-corrected chi connectivity index (χ1v) is 6.44. The topological polar surface area (TPSA) is 67.2 Å². The normalized spacial score (nSPS) is 11.6. The molecule has 100 valence electrons. The molecular formula is C9H19ClN4O2S. The van der Waals surface area contributed by atoms with Crippen molar-refractivity contribution in [1.29, 1.82) is 0 Å². The fraction of sp³-hybridized carbons (Fsp3) is 0.667. The van der Waals surface area contributed by atoms with E-state index in [1.54, 1.807) is 32.6 Å². The standard InChI is InChI=1S/C9H18N4O2S.ClH/c1-8-11-9(7-12(8)3)16(14,15)13(4)6-5-10-2;/h7,10H,5-6H2,1-4H3;1H. The number of hydrogen-bond donors (Lipinski definition) is 1. The summed E-state index contributed by atoms with van der Waals surface area (Å²) in [5.41, 5.74) is 0. The number of nitrogens with one attached hydrogen (secondary N) is 1. The maximum Gasteiger partial charge on any atom is 0.261 e. The highest BCUT2D eigenvalue weighted by atomic mass is 35.5. The van der Waals surface area contributed by atoms with Gasteiger partial charge in [-0.05, 0) is 14.0 Å². The highest BCUT2D eigenvalue weighted by Crippen LogP contribution is 2.12. The van der Waals surface area contributed by atoms with Gasteiger partial charge in [0, 0.05) is 33.4 Å². The van der Waals surface area contributed by atoms with Gasteiger partial charge in [-0.3, -0.25) is 0 Å². The lowest BCUT2D eigenvalue weighted by molar-refractivity contribution is 0.463. The van der Waals surface area contributed by atoms with E-state index in [0.29, 0.717) is 18.9 Å². The molecule has 0 aromatic carbocycles. The fourth-order valence-corrected chi connectivity index (χ4v) is 2.39. The Kier molecular flexibility index (Phi) is 6.11. The summed E-state index contributed by atoms with van der Waals surface area (Å²) in [6.45, 7) is 2.81. The van der Waals surface area contributed by atoms with E-state index in [-0.39, 0.29) is 17.4 Å². The van der Waals surface area contributed by atoms with Gasteiger partial charge in [-0.15, -0.1) is 12.4 Å². The third kappa shape index (κ3) is 3.67. The zero-order chi connectivity index (χ0) is 12.3. The number of halogens is 1. The molecule has 0 aliphatic rings. The van der Waals surface area contributed by atoms with E-state index in [1.165, 1.54) is 10.5 Å². The number of aromatic nitrogens is 2. The number of aryl methyl sites for hydroxylation is 2. The van der Waals surface area contributed by atoms with Crippen molar-refractivity contribution in [3.63, 3.8) is 0 Å². The Morgan fingerprint density at radius 2 is 2.12 bits per heavy atom. The molecule has 0 radical (unpaired) electrons. The van der Waals surface area contributed by atoms with Crippen molar-refractivity contribution in [1.82, 2.24) is 19.2 Å². The summed E-state index contributed by atoms with van der Waals surface area (Å²) >= 11 is 0. The number of sulfonamides is 1. The second-order valence-electron chi connectivity index (χ2n) is 3.67. The number of likely N-dealkylation sites (N-methyl/N-ethyl adjacent to an activating group) is 2. The van der Waals surface area contributed by atoms with Crippen molar-refractivity contribution >= 4 is 22.4 Å². The van der Waals surface area contributed by atoms with Crippen LogP contribution in [0, 0.1) is 6.92 Å². The Bertz CT molecular complexity index is 438. The Balaban J connectivity index is 0.00000256. The number of nitrogens with zero attached hydrogens (tertiary/aromatic N) is 3. The first kappa shape index (κ1) is 16.4. The van der Waals surface area contributed by atoms with E-state index in [9.17, 15) is 8.42 Å². The summed E-state index contributed by atoms with van der Waals surface area (Å²) in [7, 11) is 1.66. The second-order valence-corrected chi connectivity index (χ2v) is 5.66. The molecule has 8 heteroatoms. The third-order valence-electron chi connectivity index (χ3n) is 2.44. The lowest BCUT2D eigenvalue weighted by Gasteiger charge is -2.14. The number of rotatable bonds is 5. The van der Waals surface area contributed by atoms with E-state index in [1.807, 2.05) is 0 Å². The van der Waals surface area contributed by atoms with Gasteiger partial charge in [0.15, 0.2) is 5.03 Å². The van der Waals surface area contributed by atoms with Crippen LogP contribution in [0.25, 0.3) is 0 Å². The molecule has 17 heavy (non-hydrogen) atoms. The van der Waals surface area contributed by atoms with E-state index in [0.717, 1.165) is 0 Å². The van der Waals surface area contributed by atoms with Crippen LogP contribution in [0.3, 0.4) is 0 Å². The molecule has 0 saturated carbocycles.